The van der Waals surface area contributed by atoms with Crippen LogP contribution < -0.4 is 5.32 Å². The Morgan fingerprint density at radius 2 is 2.30 bits per heavy atom. The zero-order chi connectivity index (χ0) is 13.7. The molecule has 20 heavy (non-hydrogen) atoms. The number of fused-ring (bicyclic) bond motifs is 3. The molecule has 2 aromatic heterocycles. The molecule has 2 fully saturated rings. The monoisotopic (exact) mass is 289 g/mol. The van der Waals surface area contributed by atoms with E-state index in [0.29, 0.717) is 18.1 Å². The first kappa shape index (κ1) is 12.5. The summed E-state index contributed by atoms with van der Waals surface area (Å²) >= 11 is 1.75. The third-order valence-corrected chi connectivity index (χ3v) is 5.26. The molecule has 1 N–H and O–H groups in total. The van der Waals surface area contributed by atoms with Gasteiger partial charge in [-0.15, -0.1) is 11.3 Å². The van der Waals surface area contributed by atoms with E-state index >= 15 is 0 Å². The summed E-state index contributed by atoms with van der Waals surface area (Å²) < 4.78 is 5.96. The summed E-state index contributed by atoms with van der Waals surface area (Å²) in [5.41, 5.74) is 0. The summed E-state index contributed by atoms with van der Waals surface area (Å²) in [5, 5.41) is 4.54. The van der Waals surface area contributed by atoms with E-state index in [1.165, 1.54) is 11.3 Å². The van der Waals surface area contributed by atoms with Gasteiger partial charge in [0.15, 0.2) is 0 Å². The van der Waals surface area contributed by atoms with Gasteiger partial charge in [0.25, 0.3) is 0 Å². The van der Waals surface area contributed by atoms with Crippen molar-refractivity contribution >= 4 is 27.4 Å². The van der Waals surface area contributed by atoms with Crippen molar-refractivity contribution in [1.29, 1.82) is 0 Å². The number of nitrogens with zero attached hydrogens (tertiary/aromatic N) is 2. The molecule has 4 heterocycles. The van der Waals surface area contributed by atoms with Crippen LogP contribution in [-0.4, -0.2) is 28.7 Å². The quantitative estimate of drug-likeness (QED) is 0.940. The van der Waals surface area contributed by atoms with Gasteiger partial charge in [0.05, 0.1) is 17.6 Å². The minimum atomic E-state index is 0.341. The Morgan fingerprint density at radius 1 is 1.40 bits per heavy atom. The highest BCUT2D eigenvalue weighted by molar-refractivity contribution is 7.18. The standard InChI is InChI=1S/C15H19N3OS/c1-3-16-13-11-6-8(2)20-15(11)18-14(17-13)10-7-9-4-5-12(10)19-9/h6,9-10,12H,3-5,7H2,1-2H3,(H,16,17,18). The molecule has 106 valence electrons. The van der Waals surface area contributed by atoms with E-state index in [0.717, 1.165) is 41.2 Å². The van der Waals surface area contributed by atoms with E-state index < -0.39 is 0 Å². The fourth-order valence-corrected chi connectivity index (χ4v) is 4.32. The first-order valence-corrected chi connectivity index (χ1v) is 8.23. The van der Waals surface area contributed by atoms with Crippen molar-refractivity contribution in [2.45, 2.75) is 51.2 Å². The van der Waals surface area contributed by atoms with Crippen molar-refractivity contribution < 1.29 is 4.74 Å². The van der Waals surface area contributed by atoms with Crippen molar-refractivity contribution in [3.63, 3.8) is 0 Å². The molecule has 3 atom stereocenters. The number of aromatic nitrogens is 2. The highest BCUT2D eigenvalue weighted by Crippen LogP contribution is 2.44. The van der Waals surface area contributed by atoms with Crippen LogP contribution >= 0.6 is 11.3 Å². The SMILES string of the molecule is CCNc1nc(C2CC3CCC2O3)nc2sc(C)cc12. The lowest BCUT2D eigenvalue weighted by Gasteiger charge is -2.18. The second-order valence-electron chi connectivity index (χ2n) is 5.75. The van der Waals surface area contributed by atoms with Gasteiger partial charge in [0.2, 0.25) is 0 Å². The third kappa shape index (κ3) is 1.91. The number of rotatable bonds is 3. The van der Waals surface area contributed by atoms with Crippen LogP contribution in [0.3, 0.4) is 0 Å². The average molecular weight is 289 g/mol. The first-order chi connectivity index (χ1) is 9.74. The molecule has 4 nitrogen and oxygen atoms in total. The lowest BCUT2D eigenvalue weighted by molar-refractivity contribution is 0.0999. The van der Waals surface area contributed by atoms with Crippen LogP contribution in [0.25, 0.3) is 10.2 Å². The van der Waals surface area contributed by atoms with Gasteiger partial charge in [0.1, 0.15) is 16.5 Å². The van der Waals surface area contributed by atoms with Crippen LogP contribution in [0.15, 0.2) is 6.07 Å². The van der Waals surface area contributed by atoms with Gasteiger partial charge < -0.3 is 10.1 Å². The Bertz CT molecular complexity index is 654. The molecular formula is C15H19N3OS. The van der Waals surface area contributed by atoms with Crippen LogP contribution in [0, 0.1) is 6.92 Å². The molecular weight excluding hydrogens is 270 g/mol. The number of aryl methyl sites for hydroxylation is 1. The number of hydrogen-bond acceptors (Lipinski definition) is 5. The van der Waals surface area contributed by atoms with Crippen molar-refractivity contribution in [1.82, 2.24) is 9.97 Å². The van der Waals surface area contributed by atoms with Gasteiger partial charge in [0, 0.05) is 17.3 Å². The lowest BCUT2D eigenvalue weighted by Crippen LogP contribution is -2.17. The maximum Gasteiger partial charge on any atom is 0.138 e. The van der Waals surface area contributed by atoms with Crippen LogP contribution in [0.2, 0.25) is 0 Å². The van der Waals surface area contributed by atoms with Crippen molar-refractivity contribution in [2.75, 3.05) is 11.9 Å². The normalized spacial score (nSPS) is 28.4. The average Bonchev–Trinajstić information content (AvgIpc) is 3.12. The largest absolute Gasteiger partial charge is 0.374 e. The highest BCUT2D eigenvalue weighted by atomic mass is 32.1. The molecule has 2 aliphatic heterocycles. The van der Waals surface area contributed by atoms with Gasteiger partial charge in [-0.05, 0) is 39.2 Å². The van der Waals surface area contributed by atoms with Crippen LogP contribution in [0.4, 0.5) is 5.82 Å². The molecule has 0 radical (unpaired) electrons. The van der Waals surface area contributed by atoms with Crippen LogP contribution in [0.1, 0.15) is 42.8 Å². The Hall–Kier alpha value is -1.20. The lowest BCUT2D eigenvalue weighted by atomic mass is 9.88. The molecule has 0 saturated carbocycles. The Balaban J connectivity index is 1.79. The van der Waals surface area contributed by atoms with Crippen LogP contribution in [-0.2, 0) is 4.74 Å². The van der Waals surface area contributed by atoms with E-state index in [1.54, 1.807) is 11.3 Å². The maximum absolute atomic E-state index is 5.96. The Kier molecular flexibility index (Phi) is 2.93. The maximum atomic E-state index is 5.96. The smallest absolute Gasteiger partial charge is 0.138 e. The molecule has 2 aliphatic rings. The second kappa shape index (κ2) is 4.67. The highest BCUT2D eigenvalue weighted by Gasteiger charge is 2.43. The molecule has 2 saturated heterocycles. The molecule has 0 aromatic carbocycles. The van der Waals surface area contributed by atoms with Gasteiger partial charge in [-0.2, -0.15) is 0 Å². The summed E-state index contributed by atoms with van der Waals surface area (Å²) in [6, 6.07) is 2.18. The van der Waals surface area contributed by atoms with Crippen molar-refractivity contribution in [3.8, 4) is 0 Å². The number of hydrogen-bond donors (Lipinski definition) is 1. The van der Waals surface area contributed by atoms with E-state index in [2.05, 4.69) is 25.2 Å². The van der Waals surface area contributed by atoms with Crippen molar-refractivity contribution in [2.24, 2.45) is 0 Å². The Labute approximate surface area is 122 Å². The number of nitrogens with one attached hydrogen (secondary N) is 1. The van der Waals surface area contributed by atoms with Crippen molar-refractivity contribution in [3.05, 3.63) is 16.8 Å². The predicted octanol–water partition coefficient (Wildman–Crippen LogP) is 3.47. The van der Waals surface area contributed by atoms with Gasteiger partial charge in [-0.1, -0.05) is 0 Å². The molecule has 0 spiro atoms. The summed E-state index contributed by atoms with van der Waals surface area (Å²) in [6.07, 6.45) is 4.25. The molecule has 2 bridgehead atoms. The van der Waals surface area contributed by atoms with Gasteiger partial charge in [-0.3, -0.25) is 0 Å². The predicted molar refractivity (Wildman–Crippen MR) is 81.6 cm³/mol. The molecule has 4 rings (SSSR count). The number of ether oxygens (including phenoxy) is 1. The summed E-state index contributed by atoms with van der Waals surface area (Å²) in [4.78, 5) is 12.0. The van der Waals surface area contributed by atoms with Gasteiger partial charge >= 0.3 is 0 Å². The molecule has 3 unspecified atom stereocenters. The van der Waals surface area contributed by atoms with Gasteiger partial charge in [-0.25, -0.2) is 9.97 Å². The minimum Gasteiger partial charge on any atom is -0.374 e. The summed E-state index contributed by atoms with van der Waals surface area (Å²) in [5.74, 6) is 2.35. The topological polar surface area (TPSA) is 47.0 Å². The number of thiophene rings is 1. The first-order valence-electron chi connectivity index (χ1n) is 7.42. The van der Waals surface area contributed by atoms with E-state index in [9.17, 15) is 0 Å². The summed E-state index contributed by atoms with van der Waals surface area (Å²) in [6.45, 7) is 5.11. The fraction of sp³-hybridized carbons (Fsp3) is 0.600. The summed E-state index contributed by atoms with van der Waals surface area (Å²) in [7, 11) is 0. The van der Waals surface area contributed by atoms with E-state index in [1.807, 2.05) is 0 Å². The molecule has 2 aromatic rings. The minimum absolute atomic E-state index is 0.341. The zero-order valence-electron chi connectivity index (χ0n) is 11.8. The zero-order valence-corrected chi connectivity index (χ0v) is 12.7. The molecule has 0 aliphatic carbocycles. The molecule has 0 amide bonds. The second-order valence-corrected chi connectivity index (χ2v) is 6.99. The number of anilines is 1. The van der Waals surface area contributed by atoms with Crippen LogP contribution in [0.5, 0.6) is 0 Å². The van der Waals surface area contributed by atoms with E-state index in [4.69, 9.17) is 14.7 Å². The molecule has 5 heteroatoms. The van der Waals surface area contributed by atoms with E-state index in [-0.39, 0.29) is 0 Å². The fourth-order valence-electron chi connectivity index (χ4n) is 3.44. The Morgan fingerprint density at radius 3 is 3.00 bits per heavy atom. The third-order valence-electron chi connectivity index (χ3n) is 4.32.